The first kappa shape index (κ1) is 21.6. The van der Waals surface area contributed by atoms with Crippen molar-refractivity contribution < 1.29 is 4.79 Å². The maximum Gasteiger partial charge on any atom is 0.155 e. The van der Waals surface area contributed by atoms with E-state index < -0.39 is 0 Å². The van der Waals surface area contributed by atoms with Gasteiger partial charge in [0.2, 0.25) is 0 Å². The van der Waals surface area contributed by atoms with Crippen LogP contribution in [0.3, 0.4) is 0 Å². The van der Waals surface area contributed by atoms with Crippen LogP contribution in [-0.4, -0.2) is 5.78 Å². The Balaban J connectivity index is 1.53. The minimum Gasteiger partial charge on any atom is -0.295 e. The van der Waals surface area contributed by atoms with Gasteiger partial charge in [0.1, 0.15) is 0 Å². The second-order valence-corrected chi connectivity index (χ2v) is 12.5. The molecule has 0 aromatic carbocycles. The number of hydrogen-bond acceptors (Lipinski definition) is 1. The number of carbonyl (C=O) groups excluding carboxylic acids is 1. The van der Waals surface area contributed by atoms with E-state index in [1.807, 2.05) is 0 Å². The molecule has 0 N–H and O–H groups in total. The van der Waals surface area contributed by atoms with Crippen LogP contribution < -0.4 is 0 Å². The predicted molar refractivity (Wildman–Crippen MR) is 123 cm³/mol. The van der Waals surface area contributed by atoms with Crippen LogP contribution in [0.2, 0.25) is 0 Å². The third kappa shape index (κ3) is 3.57. The number of allylic oxidation sites excluding steroid dienone is 1. The fourth-order valence-electron chi connectivity index (χ4n) is 9.01. The monoisotopic (exact) mass is 398 g/mol. The zero-order valence-corrected chi connectivity index (χ0v) is 20.1. The largest absolute Gasteiger partial charge is 0.295 e. The number of rotatable bonds is 5. The molecule has 0 spiro atoms. The average Bonchev–Trinajstić information content (AvgIpc) is 3.00. The molecule has 0 radical (unpaired) electrons. The molecule has 0 bridgehead atoms. The summed E-state index contributed by atoms with van der Waals surface area (Å²) < 4.78 is 0. The normalized spacial score (nSPS) is 45.4. The molecule has 3 fully saturated rings. The van der Waals surface area contributed by atoms with E-state index in [1.165, 1.54) is 56.9 Å². The Morgan fingerprint density at radius 1 is 1.03 bits per heavy atom. The zero-order chi connectivity index (χ0) is 21.0. The first-order chi connectivity index (χ1) is 13.7. The highest BCUT2D eigenvalue weighted by molar-refractivity contribution is 5.91. The Labute approximate surface area is 180 Å². The Morgan fingerprint density at radius 3 is 2.52 bits per heavy atom. The third-order valence-electron chi connectivity index (χ3n) is 10.5. The van der Waals surface area contributed by atoms with Gasteiger partial charge < -0.3 is 0 Å². The van der Waals surface area contributed by atoms with Crippen LogP contribution in [0.1, 0.15) is 106 Å². The fraction of sp³-hybridized carbons (Fsp3) is 0.893. The van der Waals surface area contributed by atoms with Crippen molar-refractivity contribution in [2.75, 3.05) is 0 Å². The van der Waals surface area contributed by atoms with Gasteiger partial charge >= 0.3 is 0 Å². The topological polar surface area (TPSA) is 17.1 Å². The summed E-state index contributed by atoms with van der Waals surface area (Å²) in [5.41, 5.74) is 2.40. The van der Waals surface area contributed by atoms with Gasteiger partial charge in [-0.2, -0.15) is 0 Å². The summed E-state index contributed by atoms with van der Waals surface area (Å²) in [6, 6.07) is 0. The van der Waals surface area contributed by atoms with Crippen molar-refractivity contribution >= 4 is 5.78 Å². The van der Waals surface area contributed by atoms with Gasteiger partial charge in [-0.1, -0.05) is 66.4 Å². The van der Waals surface area contributed by atoms with Crippen LogP contribution >= 0.6 is 0 Å². The van der Waals surface area contributed by atoms with Crippen molar-refractivity contribution in [3.63, 3.8) is 0 Å². The molecule has 1 nitrogen and oxygen atoms in total. The summed E-state index contributed by atoms with van der Waals surface area (Å²) in [7, 11) is 0. The van der Waals surface area contributed by atoms with E-state index in [0.29, 0.717) is 22.5 Å². The molecule has 1 heteroatoms. The van der Waals surface area contributed by atoms with Gasteiger partial charge in [-0.15, -0.1) is 0 Å². The van der Waals surface area contributed by atoms with Crippen LogP contribution in [-0.2, 0) is 4.79 Å². The lowest BCUT2D eigenvalue weighted by Gasteiger charge is -2.60. The van der Waals surface area contributed by atoms with Gasteiger partial charge in [0.05, 0.1) is 0 Å². The molecule has 4 aliphatic rings. The molecule has 0 amide bonds. The molecule has 164 valence electrons. The molecule has 0 aromatic heterocycles. The van der Waals surface area contributed by atoms with Crippen molar-refractivity contribution in [2.45, 2.75) is 106 Å². The summed E-state index contributed by atoms with van der Waals surface area (Å²) >= 11 is 0. The van der Waals surface area contributed by atoms with Crippen LogP contribution in [0.25, 0.3) is 0 Å². The lowest BCUT2D eigenvalue weighted by Crippen LogP contribution is -2.52. The van der Waals surface area contributed by atoms with Crippen molar-refractivity contribution in [3.05, 3.63) is 11.6 Å². The second-order valence-electron chi connectivity index (χ2n) is 12.5. The lowest BCUT2D eigenvalue weighted by atomic mass is 9.45. The zero-order valence-electron chi connectivity index (χ0n) is 20.1. The number of hydrogen-bond donors (Lipinski definition) is 0. The molecule has 8 atom stereocenters. The van der Waals surface area contributed by atoms with Crippen LogP contribution in [0.15, 0.2) is 11.6 Å². The van der Waals surface area contributed by atoms with E-state index in [1.54, 1.807) is 0 Å². The van der Waals surface area contributed by atoms with Gasteiger partial charge in [-0.3, -0.25) is 4.79 Å². The lowest BCUT2D eigenvalue weighted by molar-refractivity contribution is -0.118. The van der Waals surface area contributed by atoms with Crippen molar-refractivity contribution in [1.82, 2.24) is 0 Å². The number of ketones is 1. The van der Waals surface area contributed by atoms with E-state index in [4.69, 9.17) is 0 Å². The Kier molecular flexibility index (Phi) is 5.84. The molecule has 4 aliphatic carbocycles. The molecule has 0 saturated heterocycles. The minimum atomic E-state index is 0.304. The quantitative estimate of drug-likeness (QED) is 0.461. The van der Waals surface area contributed by atoms with Gasteiger partial charge in [0, 0.05) is 6.42 Å². The predicted octanol–water partition coefficient (Wildman–Crippen LogP) is 7.84. The highest BCUT2D eigenvalue weighted by atomic mass is 16.1. The Morgan fingerprint density at radius 2 is 1.79 bits per heavy atom. The first-order valence-corrected chi connectivity index (χ1v) is 12.9. The molecule has 0 aliphatic heterocycles. The van der Waals surface area contributed by atoms with Gasteiger partial charge in [0.15, 0.2) is 5.78 Å². The summed E-state index contributed by atoms with van der Waals surface area (Å²) in [6.07, 6.45) is 15.3. The highest BCUT2D eigenvalue weighted by Crippen LogP contribution is 2.68. The summed E-state index contributed by atoms with van der Waals surface area (Å²) in [4.78, 5) is 12.2. The molecular formula is C28H46O. The average molecular weight is 399 g/mol. The summed E-state index contributed by atoms with van der Waals surface area (Å²) in [5.74, 6) is 6.32. The van der Waals surface area contributed by atoms with E-state index in [0.717, 1.165) is 48.3 Å². The maximum absolute atomic E-state index is 12.2. The Bertz CT molecular complexity index is 659. The van der Waals surface area contributed by atoms with E-state index in [9.17, 15) is 4.79 Å². The first-order valence-electron chi connectivity index (χ1n) is 12.9. The van der Waals surface area contributed by atoms with Crippen LogP contribution in [0.4, 0.5) is 0 Å². The molecule has 0 heterocycles. The maximum atomic E-state index is 12.2. The summed E-state index contributed by atoms with van der Waals surface area (Å²) in [5, 5.41) is 0. The third-order valence-corrected chi connectivity index (χ3v) is 10.5. The molecule has 3 saturated carbocycles. The standard InChI is InChI=1S/C28H46O/c1-18(2)8-7-9-19(3)23-10-11-24-22-16-20(4)26-17-21(29)12-14-28(26,6)25(22)13-15-27(23,24)5/h17-20,22-25H,7-16H2,1-6H3/t19-,20+,22+,23-,24+,25+,27-,28-/m1/s1. The van der Waals surface area contributed by atoms with Gasteiger partial charge in [-0.05, 0) is 96.9 Å². The molecule has 4 rings (SSSR count). The van der Waals surface area contributed by atoms with E-state index in [-0.39, 0.29) is 0 Å². The van der Waals surface area contributed by atoms with E-state index >= 15 is 0 Å². The SMILES string of the molecule is CC(C)CCC[C@@H](C)[C@H]1CC[C@H]2[C@@H]3C[C@H](C)C4=CC(=O)CC[C@]4(C)[C@H]3CC[C@]12C. The number of carbonyl (C=O) groups is 1. The van der Waals surface area contributed by atoms with Gasteiger partial charge in [0.25, 0.3) is 0 Å². The number of fused-ring (bicyclic) bond motifs is 5. The fourth-order valence-corrected chi connectivity index (χ4v) is 9.01. The molecular weight excluding hydrogens is 352 g/mol. The van der Waals surface area contributed by atoms with Crippen LogP contribution in [0.5, 0.6) is 0 Å². The highest BCUT2D eigenvalue weighted by Gasteiger charge is 2.60. The van der Waals surface area contributed by atoms with Crippen molar-refractivity contribution in [1.29, 1.82) is 0 Å². The van der Waals surface area contributed by atoms with Crippen molar-refractivity contribution in [3.8, 4) is 0 Å². The second kappa shape index (κ2) is 7.83. The Hall–Kier alpha value is -0.590. The smallest absolute Gasteiger partial charge is 0.155 e. The summed E-state index contributed by atoms with van der Waals surface area (Å²) in [6.45, 7) is 14.9. The molecule has 0 aromatic rings. The van der Waals surface area contributed by atoms with Crippen molar-refractivity contribution in [2.24, 2.45) is 52.3 Å². The van der Waals surface area contributed by atoms with Crippen LogP contribution in [0, 0.1) is 52.3 Å². The van der Waals surface area contributed by atoms with Gasteiger partial charge in [-0.25, -0.2) is 0 Å². The minimum absolute atomic E-state index is 0.304. The molecule has 0 unspecified atom stereocenters. The van der Waals surface area contributed by atoms with E-state index in [2.05, 4.69) is 47.6 Å². The molecule has 29 heavy (non-hydrogen) atoms.